The van der Waals surface area contributed by atoms with Gasteiger partial charge < -0.3 is 5.32 Å². The molecule has 3 fully saturated rings. The Labute approximate surface area is 175 Å². The molecule has 3 saturated carbocycles. The highest BCUT2D eigenvalue weighted by Crippen LogP contribution is 2.49. The predicted molar refractivity (Wildman–Crippen MR) is 113 cm³/mol. The molecule has 6 nitrogen and oxygen atoms in total. The molecule has 0 radical (unpaired) electrons. The molecule has 0 aromatic carbocycles. The van der Waals surface area contributed by atoms with E-state index in [0.29, 0.717) is 17.5 Å². The van der Waals surface area contributed by atoms with Crippen molar-refractivity contribution in [2.24, 2.45) is 17.8 Å². The van der Waals surface area contributed by atoms with E-state index in [1.165, 1.54) is 48.8 Å². The molecule has 1 heterocycles. The van der Waals surface area contributed by atoms with Crippen LogP contribution in [0.5, 0.6) is 0 Å². The van der Waals surface area contributed by atoms with Crippen LogP contribution in [0.3, 0.4) is 0 Å². The van der Waals surface area contributed by atoms with Gasteiger partial charge in [-0.1, -0.05) is 36.4 Å². The SMILES string of the molecule is CCC(=O)N(c1nnc(SC(C)C(=O)NC(C)C2CC3CCC2C3)s1)C1CC1. The third kappa shape index (κ3) is 4.22. The molecule has 0 spiro atoms. The van der Waals surface area contributed by atoms with Gasteiger partial charge in [0.2, 0.25) is 16.9 Å². The monoisotopic (exact) mass is 422 g/mol. The molecule has 2 amide bonds. The molecule has 1 aromatic heterocycles. The number of fused-ring (bicyclic) bond motifs is 2. The zero-order chi connectivity index (χ0) is 19.8. The molecule has 8 heteroatoms. The number of nitrogens with zero attached hydrogens (tertiary/aromatic N) is 3. The molecule has 4 rings (SSSR count). The minimum Gasteiger partial charge on any atom is -0.352 e. The summed E-state index contributed by atoms with van der Waals surface area (Å²) < 4.78 is 0.750. The van der Waals surface area contributed by atoms with Gasteiger partial charge in [0.25, 0.3) is 0 Å². The zero-order valence-corrected chi connectivity index (χ0v) is 18.5. The average Bonchev–Trinajstić information content (AvgIpc) is 3.07. The van der Waals surface area contributed by atoms with E-state index < -0.39 is 0 Å². The number of anilines is 1. The van der Waals surface area contributed by atoms with Gasteiger partial charge in [0.05, 0.1) is 5.25 Å². The molecule has 3 aliphatic carbocycles. The molecule has 3 aliphatic rings. The van der Waals surface area contributed by atoms with E-state index in [4.69, 9.17) is 0 Å². The summed E-state index contributed by atoms with van der Waals surface area (Å²) in [6.45, 7) is 5.95. The van der Waals surface area contributed by atoms with Gasteiger partial charge in [0.15, 0.2) is 4.34 Å². The fourth-order valence-electron chi connectivity index (χ4n) is 4.88. The first kappa shape index (κ1) is 20.1. The average molecular weight is 423 g/mol. The van der Waals surface area contributed by atoms with Gasteiger partial charge in [-0.2, -0.15) is 0 Å². The largest absolute Gasteiger partial charge is 0.352 e. The summed E-state index contributed by atoms with van der Waals surface area (Å²) >= 11 is 2.85. The second-order valence-corrected chi connectivity index (χ2v) is 11.1. The second kappa shape index (κ2) is 8.30. The summed E-state index contributed by atoms with van der Waals surface area (Å²) in [4.78, 5) is 26.7. The summed E-state index contributed by atoms with van der Waals surface area (Å²) in [5, 5.41) is 12.1. The maximum absolute atomic E-state index is 12.7. The maximum atomic E-state index is 12.7. The van der Waals surface area contributed by atoms with E-state index >= 15 is 0 Å². The van der Waals surface area contributed by atoms with Gasteiger partial charge in [-0.05, 0) is 63.7 Å². The molecule has 5 unspecified atom stereocenters. The molecule has 2 bridgehead atoms. The normalized spacial score (nSPS) is 28.2. The van der Waals surface area contributed by atoms with Gasteiger partial charge >= 0.3 is 0 Å². The highest BCUT2D eigenvalue weighted by Gasteiger charge is 2.42. The summed E-state index contributed by atoms with van der Waals surface area (Å²) in [6, 6.07) is 0.518. The number of hydrogen-bond acceptors (Lipinski definition) is 6. The van der Waals surface area contributed by atoms with Crippen LogP contribution in [0.4, 0.5) is 5.13 Å². The van der Waals surface area contributed by atoms with E-state index in [-0.39, 0.29) is 29.1 Å². The third-order valence-corrected chi connectivity index (χ3v) is 8.64. The van der Waals surface area contributed by atoms with Crippen molar-refractivity contribution in [1.29, 1.82) is 0 Å². The van der Waals surface area contributed by atoms with Crippen LogP contribution in [0.25, 0.3) is 0 Å². The van der Waals surface area contributed by atoms with Crippen molar-refractivity contribution in [3.8, 4) is 0 Å². The Balaban J connectivity index is 1.32. The van der Waals surface area contributed by atoms with Crippen molar-refractivity contribution in [3.63, 3.8) is 0 Å². The first-order valence-corrected chi connectivity index (χ1v) is 12.3. The number of carbonyl (C=O) groups excluding carboxylic acids is 2. The lowest BCUT2D eigenvalue weighted by Gasteiger charge is -2.29. The van der Waals surface area contributed by atoms with Gasteiger partial charge in [-0.15, -0.1) is 10.2 Å². The molecule has 5 atom stereocenters. The van der Waals surface area contributed by atoms with Gasteiger partial charge in [-0.25, -0.2) is 0 Å². The molecule has 1 aromatic rings. The Morgan fingerprint density at radius 2 is 2.00 bits per heavy atom. The number of hydrogen-bond donors (Lipinski definition) is 1. The van der Waals surface area contributed by atoms with Crippen molar-refractivity contribution in [3.05, 3.63) is 0 Å². The standard InChI is InChI=1S/C20H30N4O2S2/c1-4-17(25)24(15-7-8-15)19-22-23-20(28-19)27-12(3)18(26)21-11(2)16-10-13-5-6-14(16)9-13/h11-16H,4-10H2,1-3H3,(H,21,26). The smallest absolute Gasteiger partial charge is 0.233 e. The molecule has 28 heavy (non-hydrogen) atoms. The Kier molecular flexibility index (Phi) is 5.97. The highest BCUT2D eigenvalue weighted by atomic mass is 32.2. The van der Waals surface area contributed by atoms with E-state index in [9.17, 15) is 9.59 Å². The number of nitrogens with one attached hydrogen (secondary N) is 1. The van der Waals surface area contributed by atoms with Gasteiger partial charge in [-0.3, -0.25) is 14.5 Å². The van der Waals surface area contributed by atoms with Crippen molar-refractivity contribution < 1.29 is 9.59 Å². The second-order valence-electron chi connectivity index (χ2n) is 8.60. The molecule has 0 saturated heterocycles. The van der Waals surface area contributed by atoms with Gasteiger partial charge in [0.1, 0.15) is 0 Å². The Morgan fingerprint density at radius 1 is 1.21 bits per heavy atom. The van der Waals surface area contributed by atoms with E-state index in [1.54, 1.807) is 4.90 Å². The fraction of sp³-hybridized carbons (Fsp3) is 0.800. The van der Waals surface area contributed by atoms with Crippen LogP contribution >= 0.6 is 23.1 Å². The third-order valence-electron chi connectivity index (χ3n) is 6.54. The molecule has 0 aliphatic heterocycles. The molecular weight excluding hydrogens is 392 g/mol. The first-order valence-electron chi connectivity index (χ1n) is 10.6. The van der Waals surface area contributed by atoms with Crippen LogP contribution in [0.15, 0.2) is 4.34 Å². The van der Waals surface area contributed by atoms with Crippen LogP contribution < -0.4 is 10.2 Å². The molecular formula is C20H30N4O2S2. The minimum absolute atomic E-state index is 0.0701. The first-order chi connectivity index (χ1) is 13.5. The van der Waals surface area contributed by atoms with Crippen LogP contribution in [0.1, 0.15) is 65.7 Å². The lowest BCUT2D eigenvalue weighted by Crippen LogP contribution is -2.43. The lowest BCUT2D eigenvalue weighted by molar-refractivity contribution is -0.121. The summed E-state index contributed by atoms with van der Waals surface area (Å²) in [5.74, 6) is 2.50. The number of amides is 2. The number of aromatic nitrogens is 2. The lowest BCUT2D eigenvalue weighted by atomic mass is 9.84. The quantitative estimate of drug-likeness (QED) is 0.508. The van der Waals surface area contributed by atoms with Crippen molar-refractivity contribution in [1.82, 2.24) is 15.5 Å². The minimum atomic E-state index is -0.224. The van der Waals surface area contributed by atoms with E-state index in [0.717, 1.165) is 29.0 Å². The van der Waals surface area contributed by atoms with Crippen LogP contribution in [0.2, 0.25) is 0 Å². The molecule has 1 N–H and O–H groups in total. The van der Waals surface area contributed by atoms with Crippen molar-refractivity contribution >= 4 is 40.0 Å². The van der Waals surface area contributed by atoms with Crippen LogP contribution in [-0.2, 0) is 9.59 Å². The summed E-state index contributed by atoms with van der Waals surface area (Å²) in [5.41, 5.74) is 0. The Bertz CT molecular complexity index is 736. The predicted octanol–water partition coefficient (Wildman–Crippen LogP) is 3.87. The van der Waals surface area contributed by atoms with Crippen LogP contribution in [0, 0.1) is 17.8 Å². The highest BCUT2D eigenvalue weighted by molar-refractivity contribution is 8.02. The van der Waals surface area contributed by atoms with Crippen molar-refractivity contribution in [2.45, 2.75) is 87.4 Å². The fourth-order valence-corrected chi connectivity index (χ4v) is 6.96. The van der Waals surface area contributed by atoms with Crippen molar-refractivity contribution in [2.75, 3.05) is 4.90 Å². The Hall–Kier alpha value is -1.15. The number of rotatable bonds is 8. The van der Waals surface area contributed by atoms with E-state index in [2.05, 4.69) is 22.4 Å². The Morgan fingerprint density at radius 3 is 2.61 bits per heavy atom. The maximum Gasteiger partial charge on any atom is 0.233 e. The van der Waals surface area contributed by atoms with Crippen LogP contribution in [-0.4, -0.2) is 39.3 Å². The topological polar surface area (TPSA) is 75.2 Å². The summed E-state index contributed by atoms with van der Waals surface area (Å²) in [6.07, 6.45) is 7.89. The molecule has 154 valence electrons. The van der Waals surface area contributed by atoms with Gasteiger partial charge in [0, 0.05) is 18.5 Å². The summed E-state index contributed by atoms with van der Waals surface area (Å²) in [7, 11) is 0. The number of carbonyl (C=O) groups is 2. The number of thioether (sulfide) groups is 1. The zero-order valence-electron chi connectivity index (χ0n) is 16.9. The van der Waals surface area contributed by atoms with E-state index in [1.807, 2.05) is 13.8 Å².